The van der Waals surface area contributed by atoms with Gasteiger partial charge >= 0.3 is 0 Å². The molecule has 90 valence electrons. The molecular formula is C12H26N2O. The first-order valence-corrected chi connectivity index (χ1v) is 6.21. The van der Waals surface area contributed by atoms with Crippen molar-refractivity contribution in [3.63, 3.8) is 0 Å². The molecule has 3 nitrogen and oxygen atoms in total. The number of hydrogen-bond acceptors (Lipinski definition) is 3. The average Bonchev–Trinajstić information content (AvgIpc) is 2.75. The molecule has 3 heteroatoms. The third kappa shape index (κ3) is 2.92. The Morgan fingerprint density at radius 3 is 2.60 bits per heavy atom. The van der Waals surface area contributed by atoms with E-state index in [0.717, 1.165) is 45.2 Å². The molecule has 0 saturated carbocycles. The van der Waals surface area contributed by atoms with E-state index in [4.69, 9.17) is 10.5 Å². The van der Waals surface area contributed by atoms with Gasteiger partial charge in [-0.25, -0.2) is 0 Å². The van der Waals surface area contributed by atoms with Gasteiger partial charge in [-0.3, -0.25) is 4.90 Å². The summed E-state index contributed by atoms with van der Waals surface area (Å²) < 4.78 is 5.53. The Morgan fingerprint density at radius 1 is 1.47 bits per heavy atom. The summed E-state index contributed by atoms with van der Waals surface area (Å²) in [4.78, 5) is 2.52. The number of rotatable bonds is 6. The number of nitrogens with two attached hydrogens (primary N) is 1. The molecule has 1 aliphatic heterocycles. The fourth-order valence-corrected chi connectivity index (χ4v) is 2.30. The lowest BCUT2D eigenvalue weighted by molar-refractivity contribution is 0.0642. The molecule has 2 atom stereocenters. The minimum absolute atomic E-state index is 0.123. The molecule has 2 N–H and O–H groups in total. The summed E-state index contributed by atoms with van der Waals surface area (Å²) in [6, 6.07) is 0. The summed E-state index contributed by atoms with van der Waals surface area (Å²) in [6.07, 6.45) is 2.33. The van der Waals surface area contributed by atoms with Gasteiger partial charge in [0.05, 0.1) is 12.1 Å². The van der Waals surface area contributed by atoms with Crippen molar-refractivity contribution in [2.24, 2.45) is 11.7 Å². The molecule has 0 radical (unpaired) electrons. The number of hydrogen-bond donors (Lipinski definition) is 1. The third-order valence-electron chi connectivity index (χ3n) is 3.74. The van der Waals surface area contributed by atoms with E-state index in [1.54, 1.807) is 0 Å². The summed E-state index contributed by atoms with van der Waals surface area (Å²) in [7, 11) is 0. The van der Waals surface area contributed by atoms with Gasteiger partial charge in [-0.05, 0) is 18.9 Å². The zero-order valence-electron chi connectivity index (χ0n) is 10.5. The minimum Gasteiger partial charge on any atom is -0.379 e. The maximum absolute atomic E-state index is 5.94. The molecule has 0 amide bonds. The van der Waals surface area contributed by atoms with Gasteiger partial charge in [0.2, 0.25) is 0 Å². The first-order chi connectivity index (χ1) is 7.18. The molecule has 1 saturated heterocycles. The lowest BCUT2D eigenvalue weighted by Crippen LogP contribution is -2.55. The summed E-state index contributed by atoms with van der Waals surface area (Å²) in [5.74, 6) is 0.744. The van der Waals surface area contributed by atoms with E-state index in [1.807, 2.05) is 0 Å². The van der Waals surface area contributed by atoms with Crippen LogP contribution in [0.2, 0.25) is 0 Å². The van der Waals surface area contributed by atoms with Crippen LogP contribution in [0.25, 0.3) is 0 Å². The van der Waals surface area contributed by atoms with E-state index < -0.39 is 0 Å². The van der Waals surface area contributed by atoms with Gasteiger partial charge in [0.1, 0.15) is 0 Å². The van der Waals surface area contributed by atoms with Crippen LogP contribution in [0.1, 0.15) is 33.6 Å². The van der Waals surface area contributed by atoms with Crippen LogP contribution in [0.3, 0.4) is 0 Å². The van der Waals surface area contributed by atoms with E-state index in [9.17, 15) is 0 Å². The van der Waals surface area contributed by atoms with Gasteiger partial charge in [0.15, 0.2) is 0 Å². The molecule has 1 aliphatic rings. The smallest absolute Gasteiger partial charge is 0.0663 e. The first-order valence-electron chi connectivity index (χ1n) is 6.21. The van der Waals surface area contributed by atoms with Crippen LogP contribution in [0.4, 0.5) is 0 Å². The van der Waals surface area contributed by atoms with Crippen LogP contribution in [0.5, 0.6) is 0 Å². The number of likely N-dealkylation sites (N-methyl/N-ethyl adjacent to an activating group) is 1. The molecule has 1 heterocycles. The molecule has 1 fully saturated rings. The molecule has 0 aromatic rings. The van der Waals surface area contributed by atoms with Crippen molar-refractivity contribution < 1.29 is 4.74 Å². The van der Waals surface area contributed by atoms with Crippen LogP contribution >= 0.6 is 0 Å². The van der Waals surface area contributed by atoms with Crippen molar-refractivity contribution in [2.75, 3.05) is 32.8 Å². The Balaban J connectivity index is 2.62. The molecule has 0 spiro atoms. The van der Waals surface area contributed by atoms with Gasteiger partial charge in [-0.15, -0.1) is 0 Å². The van der Waals surface area contributed by atoms with Crippen LogP contribution in [-0.4, -0.2) is 43.3 Å². The molecule has 0 aliphatic carbocycles. The highest BCUT2D eigenvalue weighted by atomic mass is 16.5. The Labute approximate surface area is 94.0 Å². The van der Waals surface area contributed by atoms with E-state index >= 15 is 0 Å². The Kier molecular flexibility index (Phi) is 5.03. The van der Waals surface area contributed by atoms with Crippen molar-refractivity contribution in [2.45, 2.75) is 39.2 Å². The maximum atomic E-state index is 5.94. The highest BCUT2D eigenvalue weighted by Gasteiger charge is 2.38. The van der Waals surface area contributed by atoms with E-state index in [-0.39, 0.29) is 5.54 Å². The maximum Gasteiger partial charge on any atom is 0.0663 e. The first kappa shape index (κ1) is 12.9. The Bertz CT molecular complexity index is 178. The molecule has 0 bridgehead atoms. The van der Waals surface area contributed by atoms with Gasteiger partial charge in [0.25, 0.3) is 0 Å². The van der Waals surface area contributed by atoms with Crippen LogP contribution < -0.4 is 5.73 Å². The van der Waals surface area contributed by atoms with Crippen LogP contribution in [0.15, 0.2) is 0 Å². The second kappa shape index (κ2) is 5.83. The molecule has 0 aromatic carbocycles. The monoisotopic (exact) mass is 214 g/mol. The molecule has 1 rings (SSSR count). The SMILES string of the molecule is CCC(C)CN(CC)C1(CN)CCOC1. The topological polar surface area (TPSA) is 38.5 Å². The zero-order valence-corrected chi connectivity index (χ0v) is 10.5. The average molecular weight is 214 g/mol. The van der Waals surface area contributed by atoms with Crippen LogP contribution in [-0.2, 0) is 4.74 Å². The van der Waals surface area contributed by atoms with Crippen molar-refractivity contribution in [1.82, 2.24) is 4.90 Å². The van der Waals surface area contributed by atoms with Crippen LogP contribution in [0, 0.1) is 5.92 Å². The van der Waals surface area contributed by atoms with Crippen molar-refractivity contribution in [1.29, 1.82) is 0 Å². The molecule has 2 unspecified atom stereocenters. The number of ether oxygens (including phenoxy) is 1. The minimum atomic E-state index is 0.123. The summed E-state index contributed by atoms with van der Waals surface area (Å²) in [5, 5.41) is 0. The van der Waals surface area contributed by atoms with Gasteiger partial charge in [-0.1, -0.05) is 27.2 Å². The second-order valence-electron chi connectivity index (χ2n) is 4.78. The quantitative estimate of drug-likeness (QED) is 0.728. The second-order valence-corrected chi connectivity index (χ2v) is 4.78. The fourth-order valence-electron chi connectivity index (χ4n) is 2.30. The van der Waals surface area contributed by atoms with E-state index in [0.29, 0.717) is 0 Å². The van der Waals surface area contributed by atoms with Gasteiger partial charge in [-0.2, -0.15) is 0 Å². The lowest BCUT2D eigenvalue weighted by Gasteiger charge is -2.40. The van der Waals surface area contributed by atoms with E-state index in [1.165, 1.54) is 6.42 Å². The standard InChI is InChI=1S/C12H26N2O/c1-4-11(3)8-14(5-2)12(9-13)6-7-15-10-12/h11H,4-10,13H2,1-3H3. The van der Waals surface area contributed by atoms with Crippen molar-refractivity contribution in [3.8, 4) is 0 Å². The van der Waals surface area contributed by atoms with Gasteiger partial charge in [0, 0.05) is 19.7 Å². The van der Waals surface area contributed by atoms with E-state index in [2.05, 4.69) is 25.7 Å². The summed E-state index contributed by atoms with van der Waals surface area (Å²) >= 11 is 0. The van der Waals surface area contributed by atoms with Crippen molar-refractivity contribution in [3.05, 3.63) is 0 Å². The fraction of sp³-hybridized carbons (Fsp3) is 1.00. The van der Waals surface area contributed by atoms with Gasteiger partial charge < -0.3 is 10.5 Å². The Morgan fingerprint density at radius 2 is 2.20 bits per heavy atom. The predicted molar refractivity (Wildman–Crippen MR) is 63.9 cm³/mol. The largest absolute Gasteiger partial charge is 0.379 e. The Hall–Kier alpha value is -0.120. The number of nitrogens with zero attached hydrogens (tertiary/aromatic N) is 1. The molecule has 0 aromatic heterocycles. The zero-order chi connectivity index (χ0) is 11.3. The molecule has 15 heavy (non-hydrogen) atoms. The predicted octanol–water partition coefficient (Wildman–Crippen LogP) is 1.47. The summed E-state index contributed by atoms with van der Waals surface area (Å²) in [5.41, 5.74) is 6.06. The highest BCUT2D eigenvalue weighted by molar-refractivity contribution is 4.95. The third-order valence-corrected chi connectivity index (χ3v) is 3.74. The molecular weight excluding hydrogens is 188 g/mol. The highest BCUT2D eigenvalue weighted by Crippen LogP contribution is 2.26. The normalized spacial score (nSPS) is 28.6. The van der Waals surface area contributed by atoms with Crippen molar-refractivity contribution >= 4 is 0 Å². The summed E-state index contributed by atoms with van der Waals surface area (Å²) in [6.45, 7) is 11.4. The lowest BCUT2D eigenvalue weighted by atomic mass is 9.94.